The van der Waals surface area contributed by atoms with Crippen LogP contribution in [0.2, 0.25) is 5.15 Å². The molecule has 4 heteroatoms. The molecule has 2 rings (SSSR count). The van der Waals surface area contributed by atoms with Crippen LogP contribution in [0.4, 0.5) is 0 Å². The van der Waals surface area contributed by atoms with Crippen LogP contribution in [0.3, 0.4) is 0 Å². The van der Waals surface area contributed by atoms with Gasteiger partial charge in [-0.05, 0) is 25.0 Å². The molecule has 1 saturated carbocycles. The normalized spacial score (nSPS) is 17.5. The van der Waals surface area contributed by atoms with E-state index in [-0.39, 0.29) is 5.91 Å². The van der Waals surface area contributed by atoms with Gasteiger partial charge in [0.05, 0.1) is 0 Å². The van der Waals surface area contributed by atoms with Crippen LogP contribution >= 0.6 is 11.6 Å². The second kappa shape index (κ2) is 6.01. The minimum atomic E-state index is -0.112. The number of amides is 1. The molecule has 0 bridgehead atoms. The number of hydrogen-bond acceptors (Lipinski definition) is 2. The van der Waals surface area contributed by atoms with Crippen LogP contribution in [0.15, 0.2) is 18.2 Å². The second-order valence-corrected chi connectivity index (χ2v) is 4.89. The zero-order chi connectivity index (χ0) is 12.1. The van der Waals surface area contributed by atoms with E-state index in [0.717, 1.165) is 12.8 Å². The van der Waals surface area contributed by atoms with Crippen LogP contribution < -0.4 is 5.32 Å². The Kier molecular flexibility index (Phi) is 4.37. The van der Waals surface area contributed by atoms with Gasteiger partial charge in [0, 0.05) is 6.04 Å². The molecule has 0 atom stereocenters. The maximum Gasteiger partial charge on any atom is 0.270 e. The summed E-state index contributed by atoms with van der Waals surface area (Å²) in [5.41, 5.74) is 0.404. The third-order valence-corrected chi connectivity index (χ3v) is 3.35. The number of pyridine rings is 1. The Labute approximate surface area is 107 Å². The summed E-state index contributed by atoms with van der Waals surface area (Å²) in [5, 5.41) is 3.40. The molecule has 1 N–H and O–H groups in total. The van der Waals surface area contributed by atoms with Crippen molar-refractivity contribution in [2.75, 3.05) is 0 Å². The van der Waals surface area contributed by atoms with Crippen molar-refractivity contribution in [2.24, 2.45) is 0 Å². The first-order valence-electron chi connectivity index (χ1n) is 6.19. The van der Waals surface area contributed by atoms with Gasteiger partial charge < -0.3 is 5.32 Å². The predicted octanol–water partition coefficient (Wildman–Crippen LogP) is 3.19. The molecule has 1 aromatic heterocycles. The number of rotatable bonds is 2. The van der Waals surface area contributed by atoms with Crippen LogP contribution in [0, 0.1) is 0 Å². The third kappa shape index (κ3) is 3.70. The summed E-state index contributed by atoms with van der Waals surface area (Å²) in [4.78, 5) is 16.0. The van der Waals surface area contributed by atoms with Gasteiger partial charge in [0.15, 0.2) is 0 Å². The number of aromatic nitrogens is 1. The van der Waals surface area contributed by atoms with Crippen molar-refractivity contribution in [1.82, 2.24) is 10.3 Å². The monoisotopic (exact) mass is 252 g/mol. The van der Waals surface area contributed by atoms with Crippen LogP contribution in [0.1, 0.15) is 49.0 Å². The van der Waals surface area contributed by atoms with E-state index in [4.69, 9.17) is 11.6 Å². The van der Waals surface area contributed by atoms with Gasteiger partial charge in [-0.2, -0.15) is 0 Å². The van der Waals surface area contributed by atoms with Crippen LogP contribution in [0.25, 0.3) is 0 Å². The summed E-state index contributed by atoms with van der Waals surface area (Å²) in [5.74, 6) is -0.112. The molecule has 1 fully saturated rings. The molecule has 1 aromatic rings. The summed E-state index contributed by atoms with van der Waals surface area (Å²) < 4.78 is 0. The molecule has 3 nitrogen and oxygen atoms in total. The molecule has 1 heterocycles. The summed E-state index contributed by atoms with van der Waals surface area (Å²) >= 11 is 5.77. The van der Waals surface area contributed by atoms with Gasteiger partial charge in [-0.1, -0.05) is 43.4 Å². The standard InChI is InChI=1S/C13H17ClN2O/c14-12-9-5-8-11(16-12)13(17)15-10-6-3-1-2-4-7-10/h5,8-10H,1-4,6-7H2,(H,15,17). The lowest BCUT2D eigenvalue weighted by Crippen LogP contribution is -2.34. The zero-order valence-electron chi connectivity index (χ0n) is 9.79. The molecule has 0 aliphatic heterocycles. The zero-order valence-corrected chi connectivity index (χ0v) is 10.5. The highest BCUT2D eigenvalue weighted by atomic mass is 35.5. The largest absolute Gasteiger partial charge is 0.348 e. The topological polar surface area (TPSA) is 42.0 Å². The molecule has 1 amide bonds. The van der Waals surface area contributed by atoms with E-state index >= 15 is 0 Å². The number of carbonyl (C=O) groups excluding carboxylic acids is 1. The van der Waals surface area contributed by atoms with Crippen molar-refractivity contribution in [2.45, 2.75) is 44.6 Å². The van der Waals surface area contributed by atoms with E-state index in [9.17, 15) is 4.79 Å². The van der Waals surface area contributed by atoms with Crippen molar-refractivity contribution in [3.05, 3.63) is 29.0 Å². The third-order valence-electron chi connectivity index (χ3n) is 3.14. The molecule has 0 aromatic carbocycles. The predicted molar refractivity (Wildman–Crippen MR) is 68.2 cm³/mol. The highest BCUT2D eigenvalue weighted by Gasteiger charge is 2.16. The molecule has 0 unspecified atom stereocenters. The van der Waals surface area contributed by atoms with E-state index < -0.39 is 0 Å². The molecule has 1 aliphatic rings. The van der Waals surface area contributed by atoms with Crippen LogP contribution in [-0.2, 0) is 0 Å². The van der Waals surface area contributed by atoms with Gasteiger partial charge in [-0.25, -0.2) is 4.98 Å². The summed E-state index contributed by atoms with van der Waals surface area (Å²) in [6.07, 6.45) is 7.12. The van der Waals surface area contributed by atoms with E-state index in [0.29, 0.717) is 16.9 Å². The number of hydrogen-bond donors (Lipinski definition) is 1. The summed E-state index contributed by atoms with van der Waals surface area (Å²) in [6, 6.07) is 5.41. The Morgan fingerprint density at radius 3 is 2.59 bits per heavy atom. The van der Waals surface area contributed by atoms with Crippen molar-refractivity contribution in [3.8, 4) is 0 Å². The van der Waals surface area contributed by atoms with Gasteiger partial charge in [0.25, 0.3) is 5.91 Å². The number of nitrogens with zero attached hydrogens (tertiary/aromatic N) is 1. The van der Waals surface area contributed by atoms with Gasteiger partial charge in [0.1, 0.15) is 10.8 Å². The van der Waals surface area contributed by atoms with Crippen molar-refractivity contribution in [3.63, 3.8) is 0 Å². The molecular formula is C13H17ClN2O. The Hall–Kier alpha value is -1.09. The average molecular weight is 253 g/mol. The van der Waals surface area contributed by atoms with Crippen LogP contribution in [-0.4, -0.2) is 16.9 Å². The van der Waals surface area contributed by atoms with Gasteiger partial charge in [-0.15, -0.1) is 0 Å². The van der Waals surface area contributed by atoms with Gasteiger partial charge in [-0.3, -0.25) is 4.79 Å². The SMILES string of the molecule is O=C(NC1CCCCCC1)c1cccc(Cl)n1. The highest BCUT2D eigenvalue weighted by molar-refractivity contribution is 6.29. The smallest absolute Gasteiger partial charge is 0.270 e. The summed E-state index contributed by atoms with van der Waals surface area (Å²) in [7, 11) is 0. The highest BCUT2D eigenvalue weighted by Crippen LogP contribution is 2.17. The van der Waals surface area contributed by atoms with Gasteiger partial charge in [0.2, 0.25) is 0 Å². The lowest BCUT2D eigenvalue weighted by atomic mass is 10.1. The second-order valence-electron chi connectivity index (χ2n) is 4.51. The first-order chi connectivity index (χ1) is 8.25. The average Bonchev–Trinajstić information content (AvgIpc) is 2.57. The molecular weight excluding hydrogens is 236 g/mol. The fourth-order valence-corrected chi connectivity index (χ4v) is 2.38. The molecule has 0 saturated heterocycles. The Morgan fingerprint density at radius 2 is 1.94 bits per heavy atom. The van der Waals surface area contributed by atoms with Crippen LogP contribution in [0.5, 0.6) is 0 Å². The lowest BCUT2D eigenvalue weighted by molar-refractivity contribution is 0.0928. The maximum absolute atomic E-state index is 11.9. The first-order valence-corrected chi connectivity index (χ1v) is 6.57. The maximum atomic E-state index is 11.9. The fourth-order valence-electron chi connectivity index (χ4n) is 2.22. The van der Waals surface area contributed by atoms with E-state index in [1.807, 2.05) is 0 Å². The number of carbonyl (C=O) groups is 1. The van der Waals surface area contributed by atoms with E-state index in [1.54, 1.807) is 18.2 Å². The minimum Gasteiger partial charge on any atom is -0.348 e. The summed E-state index contributed by atoms with van der Waals surface area (Å²) in [6.45, 7) is 0. The Morgan fingerprint density at radius 1 is 1.24 bits per heavy atom. The molecule has 92 valence electrons. The van der Waals surface area contributed by atoms with Crippen molar-refractivity contribution >= 4 is 17.5 Å². The van der Waals surface area contributed by atoms with E-state index in [1.165, 1.54) is 25.7 Å². The lowest BCUT2D eigenvalue weighted by Gasteiger charge is -2.15. The molecule has 1 aliphatic carbocycles. The quantitative estimate of drug-likeness (QED) is 0.649. The van der Waals surface area contributed by atoms with Crippen molar-refractivity contribution in [1.29, 1.82) is 0 Å². The molecule has 0 radical (unpaired) electrons. The minimum absolute atomic E-state index is 0.112. The van der Waals surface area contributed by atoms with Crippen molar-refractivity contribution < 1.29 is 4.79 Å². The Bertz CT molecular complexity index is 387. The fraction of sp³-hybridized carbons (Fsp3) is 0.538. The number of nitrogens with one attached hydrogen (secondary N) is 1. The number of halogens is 1. The molecule has 0 spiro atoms. The Balaban J connectivity index is 1.96. The van der Waals surface area contributed by atoms with E-state index in [2.05, 4.69) is 10.3 Å². The first kappa shape index (κ1) is 12.4. The molecule has 17 heavy (non-hydrogen) atoms. The van der Waals surface area contributed by atoms with Gasteiger partial charge >= 0.3 is 0 Å².